The van der Waals surface area contributed by atoms with E-state index in [4.69, 9.17) is 4.43 Å². The Kier molecular flexibility index (Phi) is 6.54. The van der Waals surface area contributed by atoms with Gasteiger partial charge in [0.05, 0.1) is 5.44 Å². The smallest absolute Gasteiger partial charge is 0.188 e. The fourth-order valence-corrected chi connectivity index (χ4v) is 11.0. The van der Waals surface area contributed by atoms with Gasteiger partial charge in [0.25, 0.3) is 0 Å². The third kappa shape index (κ3) is 10.4. The maximum absolute atomic E-state index is 6.48. The van der Waals surface area contributed by atoms with E-state index in [1.807, 2.05) is 0 Å². The van der Waals surface area contributed by atoms with Gasteiger partial charge in [0, 0.05) is 0 Å². The van der Waals surface area contributed by atoms with Crippen molar-refractivity contribution in [1.29, 1.82) is 0 Å². The molecular weight excluding hydrogens is 260 g/mol. The highest BCUT2D eigenvalue weighted by atomic mass is 32.4. The van der Waals surface area contributed by atoms with Crippen molar-refractivity contribution in [2.45, 2.75) is 78.3 Å². The van der Waals surface area contributed by atoms with Gasteiger partial charge in [-0.25, -0.2) is 0 Å². The molecule has 0 radical (unpaired) electrons. The molecule has 0 saturated carbocycles. The third-order valence-corrected chi connectivity index (χ3v) is 9.54. The lowest BCUT2D eigenvalue weighted by molar-refractivity contribution is 0.263. The van der Waals surface area contributed by atoms with E-state index in [1.54, 1.807) is 0 Å². The van der Waals surface area contributed by atoms with Crippen LogP contribution in [-0.4, -0.2) is 21.0 Å². The molecular formula is C13H32OSSi2. The highest BCUT2D eigenvalue weighted by Crippen LogP contribution is 2.34. The first-order valence-electron chi connectivity index (χ1n) is 6.70. The summed E-state index contributed by atoms with van der Waals surface area (Å²) in [6.45, 7) is 21.1. The Balaban J connectivity index is 4.45. The molecule has 0 aromatic carbocycles. The van der Waals surface area contributed by atoms with Gasteiger partial charge in [-0.2, -0.15) is 11.2 Å². The Labute approximate surface area is 115 Å². The molecule has 0 bridgehead atoms. The van der Waals surface area contributed by atoms with Crippen molar-refractivity contribution < 1.29 is 4.43 Å². The second-order valence-electron chi connectivity index (χ2n) is 7.68. The van der Waals surface area contributed by atoms with Crippen LogP contribution in [0.4, 0.5) is 0 Å². The van der Waals surface area contributed by atoms with Crippen LogP contribution >= 0.6 is 11.2 Å². The summed E-state index contributed by atoms with van der Waals surface area (Å²) in [5.41, 5.74) is 0.809. The molecule has 1 unspecified atom stereocenters. The zero-order chi connectivity index (χ0) is 13.9. The van der Waals surface area contributed by atoms with Crippen LogP contribution in [0, 0.1) is 5.41 Å². The highest BCUT2D eigenvalue weighted by molar-refractivity contribution is 8.28. The van der Waals surface area contributed by atoms with Crippen LogP contribution < -0.4 is 0 Å². The first-order chi connectivity index (χ1) is 7.35. The number of rotatable bonds is 6. The van der Waals surface area contributed by atoms with Gasteiger partial charge >= 0.3 is 0 Å². The van der Waals surface area contributed by atoms with Crippen molar-refractivity contribution in [3.05, 3.63) is 0 Å². The lowest BCUT2D eigenvalue weighted by atomic mass is 10.0. The largest absolute Gasteiger partial charge is 0.406 e. The van der Waals surface area contributed by atoms with E-state index >= 15 is 0 Å². The average molecular weight is 293 g/mol. The second kappa shape index (κ2) is 6.26. The van der Waals surface area contributed by atoms with Gasteiger partial charge in [-0.15, -0.1) is 0 Å². The van der Waals surface area contributed by atoms with Gasteiger partial charge in [-0.1, -0.05) is 47.3 Å². The molecule has 0 N–H and O–H groups in total. The molecule has 0 saturated heterocycles. The SMILES string of the molecule is CCC(O[Si](C)(C)CC(C)(C)C)S[Si](C)(C)C. The van der Waals surface area contributed by atoms with E-state index in [0.29, 0.717) is 10.9 Å². The molecule has 0 rings (SSSR count). The summed E-state index contributed by atoms with van der Waals surface area (Å²) < 4.78 is 6.48. The van der Waals surface area contributed by atoms with Crippen molar-refractivity contribution in [2.24, 2.45) is 5.41 Å². The quantitative estimate of drug-likeness (QED) is 0.468. The Bertz CT molecular complexity index is 229. The van der Waals surface area contributed by atoms with Gasteiger partial charge in [0.2, 0.25) is 0 Å². The summed E-state index contributed by atoms with van der Waals surface area (Å²) in [4.78, 5) is 0. The highest BCUT2D eigenvalue weighted by Gasteiger charge is 2.33. The topological polar surface area (TPSA) is 9.23 Å². The maximum Gasteiger partial charge on any atom is 0.188 e. The summed E-state index contributed by atoms with van der Waals surface area (Å²) in [5.74, 6) is 0. The summed E-state index contributed by atoms with van der Waals surface area (Å²) >= 11 is 2.11. The average Bonchev–Trinajstić information content (AvgIpc) is 1.94. The first kappa shape index (κ1) is 17.7. The van der Waals surface area contributed by atoms with Crippen LogP contribution in [0.25, 0.3) is 0 Å². The van der Waals surface area contributed by atoms with Crippen LogP contribution in [0.5, 0.6) is 0 Å². The Morgan fingerprint density at radius 3 is 1.82 bits per heavy atom. The lowest BCUT2D eigenvalue weighted by Gasteiger charge is -2.35. The molecule has 0 aromatic rings. The predicted molar refractivity (Wildman–Crippen MR) is 87.8 cm³/mol. The van der Waals surface area contributed by atoms with E-state index in [9.17, 15) is 0 Å². The molecule has 0 fully saturated rings. The van der Waals surface area contributed by atoms with Crippen LogP contribution in [0.1, 0.15) is 34.1 Å². The van der Waals surface area contributed by atoms with Gasteiger partial charge in [0.1, 0.15) is 7.22 Å². The van der Waals surface area contributed by atoms with Gasteiger partial charge in [-0.05, 0) is 31.0 Å². The van der Waals surface area contributed by atoms with Crippen molar-refractivity contribution in [3.8, 4) is 0 Å². The maximum atomic E-state index is 6.48. The summed E-state index contributed by atoms with van der Waals surface area (Å²) in [5, 5.41) is 0. The van der Waals surface area contributed by atoms with Gasteiger partial charge < -0.3 is 4.43 Å². The van der Waals surface area contributed by atoms with Gasteiger partial charge in [-0.3, -0.25) is 0 Å². The van der Waals surface area contributed by atoms with E-state index < -0.39 is 15.5 Å². The van der Waals surface area contributed by atoms with Crippen LogP contribution in [0.3, 0.4) is 0 Å². The molecule has 104 valence electrons. The lowest BCUT2D eigenvalue weighted by Crippen LogP contribution is -2.39. The fraction of sp³-hybridized carbons (Fsp3) is 1.00. The summed E-state index contributed by atoms with van der Waals surface area (Å²) in [6, 6.07) is 1.24. The summed E-state index contributed by atoms with van der Waals surface area (Å²) in [7, 11) is -2.61. The molecule has 1 atom stereocenters. The molecule has 17 heavy (non-hydrogen) atoms. The summed E-state index contributed by atoms with van der Waals surface area (Å²) in [6.07, 6.45) is 1.13. The van der Waals surface area contributed by atoms with Gasteiger partial charge in [0.15, 0.2) is 8.32 Å². The Morgan fingerprint density at radius 1 is 1.06 bits per heavy atom. The zero-order valence-corrected chi connectivity index (χ0v) is 16.1. The van der Waals surface area contributed by atoms with Crippen molar-refractivity contribution in [1.82, 2.24) is 0 Å². The molecule has 0 spiro atoms. The molecule has 4 heteroatoms. The number of hydrogen-bond donors (Lipinski definition) is 0. The predicted octanol–water partition coefficient (Wildman–Crippen LogP) is 5.56. The van der Waals surface area contributed by atoms with E-state index in [0.717, 1.165) is 6.42 Å². The Morgan fingerprint density at radius 2 is 1.53 bits per heavy atom. The second-order valence-corrected chi connectivity index (χ2v) is 21.2. The molecule has 0 aliphatic carbocycles. The monoisotopic (exact) mass is 292 g/mol. The minimum atomic E-state index is -1.52. The zero-order valence-electron chi connectivity index (χ0n) is 13.3. The molecule has 0 amide bonds. The van der Waals surface area contributed by atoms with Crippen LogP contribution in [-0.2, 0) is 4.43 Å². The fourth-order valence-electron chi connectivity index (χ4n) is 2.26. The molecule has 0 aliphatic heterocycles. The minimum Gasteiger partial charge on any atom is -0.406 e. The Hall–Kier alpha value is 0.744. The third-order valence-electron chi connectivity index (χ3n) is 2.22. The number of hydrogen-bond acceptors (Lipinski definition) is 2. The van der Waals surface area contributed by atoms with E-state index in [-0.39, 0.29) is 0 Å². The normalized spacial score (nSPS) is 16.1. The first-order valence-corrected chi connectivity index (χ1v) is 14.9. The van der Waals surface area contributed by atoms with Crippen molar-refractivity contribution in [2.75, 3.05) is 0 Å². The minimum absolute atomic E-state index is 0.387. The van der Waals surface area contributed by atoms with Crippen LogP contribution in [0.2, 0.25) is 38.8 Å². The van der Waals surface area contributed by atoms with Crippen LogP contribution in [0.15, 0.2) is 0 Å². The molecule has 0 aromatic heterocycles. The van der Waals surface area contributed by atoms with E-state index in [1.165, 1.54) is 6.04 Å². The molecule has 0 aliphatic rings. The van der Waals surface area contributed by atoms with Crippen molar-refractivity contribution >= 4 is 26.8 Å². The molecule has 0 heterocycles. The van der Waals surface area contributed by atoms with E-state index in [2.05, 4.69) is 71.6 Å². The van der Waals surface area contributed by atoms with Crippen molar-refractivity contribution in [3.63, 3.8) is 0 Å². The molecule has 1 nitrogen and oxygen atoms in total. The standard InChI is InChI=1S/C13H32OSSi2/c1-10-12(15-16(5,6)7)14-17(8,9)11-13(2,3)4/h12H,10-11H2,1-9H3.